The highest BCUT2D eigenvalue weighted by Gasteiger charge is 2.34. The fraction of sp³-hybridized carbons (Fsp3) is 0.364. The van der Waals surface area contributed by atoms with Crippen molar-refractivity contribution >= 4 is 12.0 Å². The summed E-state index contributed by atoms with van der Waals surface area (Å²) >= 11 is 0. The summed E-state index contributed by atoms with van der Waals surface area (Å²) in [6.07, 6.45) is -0.655. The van der Waals surface area contributed by atoms with E-state index in [4.69, 9.17) is 9.84 Å². The number of rotatable bonds is 3. The summed E-state index contributed by atoms with van der Waals surface area (Å²) in [4.78, 5) is 35.6. The lowest BCUT2D eigenvalue weighted by atomic mass is 10.2. The number of nitrogens with zero attached hydrogens (tertiary/aromatic N) is 1. The van der Waals surface area contributed by atoms with Gasteiger partial charge in [0.25, 0.3) is 5.56 Å². The Morgan fingerprint density at radius 2 is 2.15 bits per heavy atom. The van der Waals surface area contributed by atoms with Gasteiger partial charge in [-0.1, -0.05) is 0 Å². The van der Waals surface area contributed by atoms with E-state index < -0.39 is 35.8 Å². The number of H-pyrrole nitrogens is 1. The fourth-order valence-corrected chi connectivity index (χ4v) is 1.80. The maximum atomic E-state index is 11.7. The Morgan fingerprint density at radius 3 is 2.70 bits per heavy atom. The van der Waals surface area contributed by atoms with Crippen molar-refractivity contribution in [3.63, 3.8) is 0 Å². The smallest absolute Gasteiger partial charge is 0.330 e. The van der Waals surface area contributed by atoms with Gasteiger partial charge in [-0.25, -0.2) is 9.59 Å². The van der Waals surface area contributed by atoms with E-state index in [1.807, 2.05) is 4.98 Å². The number of carboxylic acid groups (broad SMARTS) is 1. The molecule has 9 nitrogen and oxygen atoms in total. The van der Waals surface area contributed by atoms with Gasteiger partial charge in [-0.3, -0.25) is 14.3 Å². The summed E-state index contributed by atoms with van der Waals surface area (Å²) in [7, 11) is 0. The molecule has 2 heterocycles. The molecule has 0 amide bonds. The highest BCUT2D eigenvalue weighted by molar-refractivity contribution is 5.85. The summed E-state index contributed by atoms with van der Waals surface area (Å²) < 4.78 is 5.94. The Bertz CT molecular complexity index is 649. The number of aromatic nitrogens is 2. The van der Waals surface area contributed by atoms with Gasteiger partial charge >= 0.3 is 11.7 Å². The largest absolute Gasteiger partial charge is 0.478 e. The second-order valence-electron chi connectivity index (χ2n) is 4.21. The first-order valence-electron chi connectivity index (χ1n) is 5.66. The average Bonchev–Trinajstić information content (AvgIpc) is 2.68. The van der Waals surface area contributed by atoms with Gasteiger partial charge in [0.15, 0.2) is 6.29 Å². The number of carbonyl (C=O) groups is 1. The molecule has 3 atom stereocenters. The molecular formula is C11H12N2O7. The van der Waals surface area contributed by atoms with Gasteiger partial charge in [-0.15, -0.1) is 0 Å². The molecule has 9 heteroatoms. The fourth-order valence-electron chi connectivity index (χ4n) is 1.80. The van der Waals surface area contributed by atoms with E-state index in [1.165, 1.54) is 0 Å². The highest BCUT2D eigenvalue weighted by Crippen LogP contribution is 2.25. The third-order valence-electron chi connectivity index (χ3n) is 2.78. The van der Waals surface area contributed by atoms with Gasteiger partial charge in [0, 0.05) is 18.7 Å². The van der Waals surface area contributed by atoms with E-state index in [0.717, 1.165) is 22.9 Å². The van der Waals surface area contributed by atoms with Gasteiger partial charge in [-0.05, 0) is 6.08 Å². The van der Waals surface area contributed by atoms with Gasteiger partial charge in [0.2, 0.25) is 0 Å². The number of aliphatic carboxylic acids is 1. The van der Waals surface area contributed by atoms with Crippen molar-refractivity contribution < 1.29 is 24.9 Å². The predicted molar refractivity (Wildman–Crippen MR) is 64.7 cm³/mol. The lowest BCUT2D eigenvalue weighted by Crippen LogP contribution is -2.33. The minimum atomic E-state index is -1.42. The van der Waals surface area contributed by atoms with Crippen molar-refractivity contribution in [3.8, 4) is 0 Å². The van der Waals surface area contributed by atoms with E-state index in [9.17, 15) is 24.6 Å². The zero-order valence-electron chi connectivity index (χ0n) is 10.1. The molecule has 1 aromatic rings. The molecule has 108 valence electrons. The summed E-state index contributed by atoms with van der Waals surface area (Å²) in [6.45, 7) is 0. The first kappa shape index (κ1) is 14.2. The van der Waals surface area contributed by atoms with Gasteiger partial charge in [0.05, 0.1) is 5.56 Å². The van der Waals surface area contributed by atoms with Gasteiger partial charge in [-0.2, -0.15) is 0 Å². The average molecular weight is 284 g/mol. The number of aromatic amines is 1. The Labute approximate surface area is 111 Å². The molecule has 3 unspecified atom stereocenters. The normalized spacial score (nSPS) is 26.2. The molecule has 1 saturated heterocycles. The summed E-state index contributed by atoms with van der Waals surface area (Å²) in [5, 5.41) is 27.1. The predicted octanol–water partition coefficient (Wildman–Crippen LogP) is -1.77. The van der Waals surface area contributed by atoms with Crippen LogP contribution < -0.4 is 11.2 Å². The monoisotopic (exact) mass is 284 g/mol. The Hall–Kier alpha value is -2.23. The van der Waals surface area contributed by atoms with Crippen LogP contribution in [0.4, 0.5) is 0 Å². The minimum Gasteiger partial charge on any atom is -0.478 e. The molecule has 20 heavy (non-hydrogen) atoms. The van der Waals surface area contributed by atoms with E-state index in [1.54, 1.807) is 0 Å². The number of aliphatic hydroxyl groups excluding tert-OH is 2. The summed E-state index contributed by atoms with van der Waals surface area (Å²) in [6, 6.07) is 0. The second-order valence-corrected chi connectivity index (χ2v) is 4.21. The van der Waals surface area contributed by atoms with Crippen LogP contribution in [0.3, 0.4) is 0 Å². The molecule has 0 spiro atoms. The molecule has 0 bridgehead atoms. The minimum absolute atomic E-state index is 0.0325. The van der Waals surface area contributed by atoms with Crippen LogP contribution in [0.1, 0.15) is 18.2 Å². The van der Waals surface area contributed by atoms with Crippen LogP contribution in [0.25, 0.3) is 6.08 Å². The number of ether oxygens (including phenoxy) is 1. The molecule has 0 radical (unpaired) electrons. The lowest BCUT2D eigenvalue weighted by molar-refractivity contribution is -0.142. The number of nitrogens with one attached hydrogen (secondary N) is 1. The second kappa shape index (κ2) is 5.41. The first-order valence-corrected chi connectivity index (χ1v) is 5.66. The number of aliphatic hydroxyl groups is 2. The van der Waals surface area contributed by atoms with Gasteiger partial charge < -0.3 is 20.1 Å². The van der Waals surface area contributed by atoms with Gasteiger partial charge in [0.1, 0.15) is 12.3 Å². The van der Waals surface area contributed by atoms with Crippen molar-refractivity contribution in [2.45, 2.75) is 25.0 Å². The van der Waals surface area contributed by atoms with Crippen LogP contribution in [0, 0.1) is 0 Å². The van der Waals surface area contributed by atoms with Crippen LogP contribution in [0.2, 0.25) is 0 Å². The Morgan fingerprint density at radius 1 is 1.45 bits per heavy atom. The molecule has 1 aliphatic heterocycles. The Kier molecular flexibility index (Phi) is 3.84. The first-order chi connectivity index (χ1) is 9.38. The van der Waals surface area contributed by atoms with E-state index in [-0.39, 0.29) is 12.0 Å². The van der Waals surface area contributed by atoms with Crippen molar-refractivity contribution in [1.82, 2.24) is 9.55 Å². The number of carboxylic acids is 1. The van der Waals surface area contributed by atoms with E-state index in [0.29, 0.717) is 0 Å². The molecule has 0 aliphatic carbocycles. The Balaban J connectivity index is 2.39. The quantitative estimate of drug-likeness (QED) is 0.481. The van der Waals surface area contributed by atoms with Crippen LogP contribution in [-0.2, 0) is 9.53 Å². The molecule has 0 aromatic carbocycles. The molecule has 2 rings (SSSR count). The SMILES string of the molecule is O=C(O)C=Cc1cn(C2CC(O)C(O)O2)c(=O)[nH]c1=O. The molecule has 1 aromatic heterocycles. The molecule has 0 saturated carbocycles. The standard InChI is InChI=1S/C11H12N2O7/c14-6-3-7(20-10(6)18)13-4-5(1-2-8(15)16)9(17)12-11(13)19/h1-2,4,6-7,10,14,18H,3H2,(H,15,16)(H,12,17,19). The van der Waals surface area contributed by atoms with Crippen molar-refractivity contribution in [3.05, 3.63) is 38.7 Å². The summed E-state index contributed by atoms with van der Waals surface area (Å²) in [5.41, 5.74) is -1.59. The van der Waals surface area contributed by atoms with Crippen LogP contribution in [0.15, 0.2) is 21.9 Å². The molecule has 1 fully saturated rings. The zero-order valence-corrected chi connectivity index (χ0v) is 10.1. The van der Waals surface area contributed by atoms with Crippen LogP contribution >= 0.6 is 0 Å². The van der Waals surface area contributed by atoms with Crippen LogP contribution in [0.5, 0.6) is 0 Å². The third-order valence-corrected chi connectivity index (χ3v) is 2.78. The summed E-state index contributed by atoms with van der Waals surface area (Å²) in [5.74, 6) is -1.25. The maximum absolute atomic E-state index is 11.7. The van der Waals surface area contributed by atoms with Crippen molar-refractivity contribution in [2.75, 3.05) is 0 Å². The highest BCUT2D eigenvalue weighted by atomic mass is 16.6. The lowest BCUT2D eigenvalue weighted by Gasteiger charge is -2.13. The topological polar surface area (TPSA) is 142 Å². The number of hydrogen-bond acceptors (Lipinski definition) is 6. The van der Waals surface area contributed by atoms with Crippen molar-refractivity contribution in [2.24, 2.45) is 0 Å². The maximum Gasteiger partial charge on any atom is 0.330 e. The van der Waals surface area contributed by atoms with Crippen molar-refractivity contribution in [1.29, 1.82) is 0 Å². The molecule has 4 N–H and O–H groups in total. The zero-order chi connectivity index (χ0) is 14.9. The number of hydrogen-bond donors (Lipinski definition) is 4. The van der Waals surface area contributed by atoms with Crippen LogP contribution in [-0.4, -0.2) is 43.2 Å². The van der Waals surface area contributed by atoms with E-state index >= 15 is 0 Å². The third kappa shape index (κ3) is 2.85. The van der Waals surface area contributed by atoms with E-state index in [2.05, 4.69) is 0 Å². The molecule has 1 aliphatic rings. The molecular weight excluding hydrogens is 272 g/mol.